The zero-order valence-corrected chi connectivity index (χ0v) is 8.68. The van der Waals surface area contributed by atoms with Crippen LogP contribution in [0.4, 0.5) is 0 Å². The lowest BCUT2D eigenvalue weighted by Gasteiger charge is -2.15. The van der Waals surface area contributed by atoms with Crippen molar-refractivity contribution < 1.29 is 15.0 Å². The van der Waals surface area contributed by atoms with Crippen molar-refractivity contribution in [3.8, 4) is 0 Å². The quantitative estimate of drug-likeness (QED) is 0.726. The van der Waals surface area contributed by atoms with Gasteiger partial charge in [0, 0.05) is 10.7 Å². The molecule has 0 bridgehead atoms. The first-order chi connectivity index (χ1) is 6.54. The molecule has 0 aliphatic carbocycles. The van der Waals surface area contributed by atoms with Crippen LogP contribution in [-0.4, -0.2) is 27.3 Å². The number of aliphatic hydroxyl groups excluding tert-OH is 1. The Kier molecular flexibility index (Phi) is 3.56. The number of hydrogen-bond acceptors (Lipinski definition) is 4. The summed E-state index contributed by atoms with van der Waals surface area (Å²) in [6, 6.07) is 2.31. The van der Waals surface area contributed by atoms with E-state index in [1.54, 1.807) is 12.1 Å². The van der Waals surface area contributed by atoms with Crippen molar-refractivity contribution in [3.05, 3.63) is 28.5 Å². The van der Waals surface area contributed by atoms with Gasteiger partial charge in [-0.2, -0.15) is 0 Å². The average molecular weight is 261 g/mol. The lowest BCUT2D eigenvalue weighted by atomic mass is 10.1. The highest BCUT2D eigenvalue weighted by Crippen LogP contribution is 2.21. The van der Waals surface area contributed by atoms with Crippen molar-refractivity contribution in [2.75, 3.05) is 0 Å². The molecular weight excluding hydrogens is 252 g/mol. The summed E-state index contributed by atoms with van der Waals surface area (Å²) < 4.78 is 0.577. The molecule has 4 N–H and O–H groups in total. The summed E-state index contributed by atoms with van der Waals surface area (Å²) in [4.78, 5) is 14.3. The molecule has 0 aliphatic rings. The molecule has 1 aromatic heterocycles. The van der Waals surface area contributed by atoms with Crippen molar-refractivity contribution in [2.45, 2.75) is 12.1 Å². The molecule has 0 aromatic carbocycles. The van der Waals surface area contributed by atoms with Gasteiger partial charge >= 0.3 is 5.97 Å². The molecular formula is C8H9BrN2O3. The molecule has 1 heterocycles. The maximum Gasteiger partial charge on any atom is 0.334 e. The van der Waals surface area contributed by atoms with Gasteiger partial charge < -0.3 is 15.9 Å². The highest BCUT2D eigenvalue weighted by atomic mass is 79.9. The zero-order chi connectivity index (χ0) is 10.7. The molecule has 6 heteroatoms. The highest BCUT2D eigenvalue weighted by Gasteiger charge is 2.26. The first-order valence-electron chi connectivity index (χ1n) is 3.81. The number of halogens is 1. The first-order valence-corrected chi connectivity index (χ1v) is 4.60. The Morgan fingerprint density at radius 2 is 2.29 bits per heavy atom. The molecule has 0 saturated heterocycles. The van der Waals surface area contributed by atoms with E-state index in [1.807, 2.05) is 0 Å². The van der Waals surface area contributed by atoms with Gasteiger partial charge in [0.15, 0.2) is 6.10 Å². The Balaban J connectivity index is 2.94. The summed E-state index contributed by atoms with van der Waals surface area (Å²) >= 11 is 3.17. The third-order valence-corrected chi connectivity index (χ3v) is 2.37. The van der Waals surface area contributed by atoms with E-state index in [0.29, 0.717) is 10.2 Å². The number of carboxylic acids is 1. The standard InChI is InChI=1S/C8H9BrN2O3/c9-4-2-1-3-11-6(4)5(10)7(12)8(13)14/h1-3,5,7,12H,10H2,(H,13,14)/t5-,7+/m1/s1. The molecule has 0 aliphatic heterocycles. The van der Waals surface area contributed by atoms with Crippen LogP contribution in [0.25, 0.3) is 0 Å². The summed E-state index contributed by atoms with van der Waals surface area (Å²) in [6.07, 6.45) is -0.171. The summed E-state index contributed by atoms with van der Waals surface area (Å²) in [7, 11) is 0. The van der Waals surface area contributed by atoms with Crippen molar-refractivity contribution >= 4 is 21.9 Å². The van der Waals surface area contributed by atoms with Gasteiger partial charge in [0.25, 0.3) is 0 Å². The molecule has 0 saturated carbocycles. The Hall–Kier alpha value is -0.980. The van der Waals surface area contributed by atoms with E-state index in [0.717, 1.165) is 0 Å². The molecule has 0 fully saturated rings. The molecule has 0 unspecified atom stereocenters. The van der Waals surface area contributed by atoms with Crippen LogP contribution in [0.3, 0.4) is 0 Å². The average Bonchev–Trinajstić information content (AvgIpc) is 2.16. The highest BCUT2D eigenvalue weighted by molar-refractivity contribution is 9.10. The van der Waals surface area contributed by atoms with Crippen molar-refractivity contribution in [1.82, 2.24) is 4.98 Å². The number of pyridine rings is 1. The third kappa shape index (κ3) is 2.28. The number of aliphatic carboxylic acids is 1. The van der Waals surface area contributed by atoms with Crippen LogP contribution >= 0.6 is 15.9 Å². The van der Waals surface area contributed by atoms with Crippen LogP contribution < -0.4 is 5.73 Å². The van der Waals surface area contributed by atoms with Crippen LogP contribution in [-0.2, 0) is 4.79 Å². The summed E-state index contributed by atoms with van der Waals surface area (Å²) in [5, 5.41) is 17.7. The second-order valence-electron chi connectivity index (χ2n) is 2.68. The van der Waals surface area contributed by atoms with E-state index in [4.69, 9.17) is 10.8 Å². The lowest BCUT2D eigenvalue weighted by Crippen LogP contribution is -2.34. The Bertz CT molecular complexity index is 345. The maximum atomic E-state index is 10.5. The molecule has 14 heavy (non-hydrogen) atoms. The number of aromatic nitrogens is 1. The van der Waals surface area contributed by atoms with Crippen molar-refractivity contribution in [2.24, 2.45) is 5.73 Å². The SMILES string of the molecule is N[C@H](c1ncccc1Br)[C@H](O)C(=O)O. The van der Waals surface area contributed by atoms with E-state index >= 15 is 0 Å². The smallest absolute Gasteiger partial charge is 0.334 e. The van der Waals surface area contributed by atoms with Crippen molar-refractivity contribution in [1.29, 1.82) is 0 Å². The van der Waals surface area contributed by atoms with Gasteiger partial charge in [-0.15, -0.1) is 0 Å². The van der Waals surface area contributed by atoms with Crippen LogP contribution in [0.15, 0.2) is 22.8 Å². The zero-order valence-electron chi connectivity index (χ0n) is 7.09. The molecule has 1 aromatic rings. The van der Waals surface area contributed by atoms with Gasteiger partial charge in [-0.25, -0.2) is 4.79 Å². The predicted octanol–water partition coefficient (Wildman–Crippen LogP) is 0.289. The Morgan fingerprint density at radius 3 is 2.79 bits per heavy atom. The Morgan fingerprint density at radius 1 is 1.64 bits per heavy atom. The summed E-state index contributed by atoms with van der Waals surface area (Å²) in [5.41, 5.74) is 5.84. The second-order valence-corrected chi connectivity index (χ2v) is 3.53. The van der Waals surface area contributed by atoms with Crippen LogP contribution in [0.5, 0.6) is 0 Å². The van der Waals surface area contributed by atoms with Gasteiger partial charge in [0.1, 0.15) is 0 Å². The van der Waals surface area contributed by atoms with Crippen molar-refractivity contribution in [3.63, 3.8) is 0 Å². The van der Waals surface area contributed by atoms with E-state index < -0.39 is 18.1 Å². The lowest BCUT2D eigenvalue weighted by molar-refractivity contribution is -0.147. The van der Waals surface area contributed by atoms with Crippen LogP contribution in [0.1, 0.15) is 11.7 Å². The molecule has 76 valence electrons. The predicted molar refractivity (Wildman–Crippen MR) is 52.5 cm³/mol. The Labute approximate surface area is 88.7 Å². The van der Waals surface area contributed by atoms with E-state index in [2.05, 4.69) is 20.9 Å². The van der Waals surface area contributed by atoms with E-state index in [-0.39, 0.29) is 0 Å². The number of aliphatic hydroxyl groups is 1. The van der Waals surface area contributed by atoms with Gasteiger partial charge in [0.2, 0.25) is 0 Å². The van der Waals surface area contributed by atoms with Crippen LogP contribution in [0, 0.1) is 0 Å². The number of hydrogen-bond donors (Lipinski definition) is 3. The fraction of sp³-hybridized carbons (Fsp3) is 0.250. The molecule has 5 nitrogen and oxygen atoms in total. The molecule has 2 atom stereocenters. The number of carbonyl (C=O) groups is 1. The van der Waals surface area contributed by atoms with E-state index in [9.17, 15) is 9.90 Å². The maximum absolute atomic E-state index is 10.5. The van der Waals surface area contributed by atoms with E-state index in [1.165, 1.54) is 6.20 Å². The largest absolute Gasteiger partial charge is 0.479 e. The molecule has 0 amide bonds. The summed E-state index contributed by atoms with van der Waals surface area (Å²) in [6.45, 7) is 0. The van der Waals surface area contributed by atoms with Crippen LogP contribution in [0.2, 0.25) is 0 Å². The van der Waals surface area contributed by atoms with Gasteiger partial charge in [0.05, 0.1) is 11.7 Å². The number of rotatable bonds is 3. The minimum atomic E-state index is -1.65. The first kappa shape index (κ1) is 11.1. The second kappa shape index (κ2) is 4.50. The third-order valence-electron chi connectivity index (χ3n) is 1.70. The molecule has 0 spiro atoms. The summed E-state index contributed by atoms with van der Waals surface area (Å²) in [5.74, 6) is -1.37. The molecule has 1 rings (SSSR count). The minimum Gasteiger partial charge on any atom is -0.479 e. The molecule has 0 radical (unpaired) electrons. The van der Waals surface area contributed by atoms with Gasteiger partial charge in [-0.3, -0.25) is 4.98 Å². The normalized spacial score (nSPS) is 14.8. The topological polar surface area (TPSA) is 96.4 Å². The van der Waals surface area contributed by atoms with Gasteiger partial charge in [-0.1, -0.05) is 0 Å². The van der Waals surface area contributed by atoms with Gasteiger partial charge in [-0.05, 0) is 28.1 Å². The minimum absolute atomic E-state index is 0.322. The monoisotopic (exact) mass is 260 g/mol. The number of carboxylic acid groups (broad SMARTS) is 1. The fourth-order valence-electron chi connectivity index (χ4n) is 0.946. The number of nitrogens with two attached hydrogens (primary N) is 1. The fourth-order valence-corrected chi connectivity index (χ4v) is 1.47. The number of nitrogens with zero attached hydrogens (tertiary/aromatic N) is 1.